The van der Waals surface area contributed by atoms with Crippen molar-refractivity contribution in [3.63, 3.8) is 0 Å². The molecule has 0 unspecified atom stereocenters. The predicted molar refractivity (Wildman–Crippen MR) is 67.5 cm³/mol. The first-order chi connectivity index (χ1) is 7.75. The first-order valence-corrected chi connectivity index (χ1v) is 6.62. The fraction of sp³-hybridized carbons (Fsp3) is 0.364. The van der Waals surface area contributed by atoms with Crippen molar-refractivity contribution in [2.24, 2.45) is 0 Å². The van der Waals surface area contributed by atoms with Gasteiger partial charge in [0.05, 0.1) is 6.04 Å². The zero-order chi connectivity index (χ0) is 11.4. The summed E-state index contributed by atoms with van der Waals surface area (Å²) >= 11 is 7.52. The number of thioether (sulfide) groups is 1. The minimum Gasteiger partial charge on any atom is -0.351 e. The molecule has 1 aliphatic rings. The Morgan fingerprint density at radius 2 is 2.25 bits per heavy atom. The van der Waals surface area contributed by atoms with Crippen LogP contribution in [0.15, 0.2) is 24.3 Å². The van der Waals surface area contributed by atoms with Gasteiger partial charge >= 0.3 is 0 Å². The molecule has 1 aromatic carbocycles. The molecule has 1 heterocycles. The molecule has 0 saturated carbocycles. The molecule has 1 saturated heterocycles. The Labute approximate surface area is 104 Å². The number of carbonyl (C=O) groups excluding carboxylic acids is 1. The summed E-state index contributed by atoms with van der Waals surface area (Å²) in [4.78, 5) is 11.7. The summed E-state index contributed by atoms with van der Waals surface area (Å²) in [6.07, 6.45) is 0. The Bertz CT molecular complexity index is 363. The van der Waals surface area contributed by atoms with Gasteiger partial charge in [-0.05, 0) is 17.7 Å². The van der Waals surface area contributed by atoms with Crippen LogP contribution in [-0.2, 0) is 11.3 Å². The standard InChI is InChI=1S/C11H13ClN2OS/c12-9-3-1-8(2-4-9)5-13-11(15)10-6-16-7-14-10/h1-4,10,14H,5-7H2,(H,13,15)/t10-/m0/s1. The quantitative estimate of drug-likeness (QED) is 0.864. The molecule has 1 atom stereocenters. The van der Waals surface area contributed by atoms with Crippen molar-refractivity contribution in [1.29, 1.82) is 0 Å². The maximum atomic E-state index is 11.7. The van der Waals surface area contributed by atoms with Crippen molar-refractivity contribution < 1.29 is 4.79 Å². The van der Waals surface area contributed by atoms with E-state index in [4.69, 9.17) is 11.6 Å². The van der Waals surface area contributed by atoms with Crippen molar-refractivity contribution in [2.75, 3.05) is 11.6 Å². The third-order valence-electron chi connectivity index (χ3n) is 2.41. The minimum atomic E-state index is -0.0442. The number of amides is 1. The van der Waals surface area contributed by atoms with Gasteiger partial charge < -0.3 is 5.32 Å². The van der Waals surface area contributed by atoms with E-state index in [1.165, 1.54) is 0 Å². The Morgan fingerprint density at radius 1 is 1.50 bits per heavy atom. The molecule has 1 amide bonds. The van der Waals surface area contributed by atoms with Crippen molar-refractivity contribution in [3.05, 3.63) is 34.9 Å². The fourth-order valence-electron chi connectivity index (χ4n) is 1.48. The summed E-state index contributed by atoms with van der Waals surface area (Å²) < 4.78 is 0. The molecule has 0 bridgehead atoms. The van der Waals surface area contributed by atoms with Crippen molar-refractivity contribution in [2.45, 2.75) is 12.6 Å². The third-order valence-corrected chi connectivity index (χ3v) is 3.60. The lowest BCUT2D eigenvalue weighted by Gasteiger charge is -2.10. The van der Waals surface area contributed by atoms with Crippen LogP contribution in [0.3, 0.4) is 0 Å². The molecular weight excluding hydrogens is 244 g/mol. The van der Waals surface area contributed by atoms with Crippen LogP contribution in [0.4, 0.5) is 0 Å². The number of hydrogen-bond donors (Lipinski definition) is 2. The van der Waals surface area contributed by atoms with Crippen LogP contribution in [0, 0.1) is 0 Å². The lowest BCUT2D eigenvalue weighted by atomic mass is 10.2. The molecular formula is C11H13ClN2OS. The van der Waals surface area contributed by atoms with Crippen LogP contribution >= 0.6 is 23.4 Å². The van der Waals surface area contributed by atoms with E-state index in [1.807, 2.05) is 24.3 Å². The van der Waals surface area contributed by atoms with E-state index in [0.29, 0.717) is 11.6 Å². The minimum absolute atomic E-state index is 0.0442. The van der Waals surface area contributed by atoms with Crippen molar-refractivity contribution in [3.8, 4) is 0 Å². The summed E-state index contributed by atoms with van der Waals surface area (Å²) in [5.41, 5.74) is 1.06. The molecule has 0 aliphatic carbocycles. The van der Waals surface area contributed by atoms with Gasteiger partial charge in [-0.25, -0.2) is 0 Å². The van der Waals surface area contributed by atoms with Crippen LogP contribution in [0.5, 0.6) is 0 Å². The second-order valence-electron chi connectivity index (χ2n) is 3.62. The highest BCUT2D eigenvalue weighted by atomic mass is 35.5. The van der Waals surface area contributed by atoms with E-state index in [2.05, 4.69) is 10.6 Å². The van der Waals surface area contributed by atoms with Crippen LogP contribution in [0.1, 0.15) is 5.56 Å². The molecule has 3 nitrogen and oxygen atoms in total. The zero-order valence-electron chi connectivity index (χ0n) is 8.70. The summed E-state index contributed by atoms with van der Waals surface area (Å²) in [6, 6.07) is 7.44. The lowest BCUT2D eigenvalue weighted by Crippen LogP contribution is -2.41. The number of nitrogens with one attached hydrogen (secondary N) is 2. The summed E-state index contributed by atoms with van der Waals surface area (Å²) in [5.74, 6) is 1.78. The van der Waals surface area contributed by atoms with Gasteiger partial charge in [-0.15, -0.1) is 11.8 Å². The smallest absolute Gasteiger partial charge is 0.238 e. The van der Waals surface area contributed by atoms with E-state index in [0.717, 1.165) is 17.2 Å². The number of halogens is 1. The molecule has 16 heavy (non-hydrogen) atoms. The summed E-state index contributed by atoms with van der Waals surface area (Å²) in [5, 5.41) is 6.75. The Kier molecular flexibility index (Phi) is 4.09. The van der Waals surface area contributed by atoms with Crippen LogP contribution in [-0.4, -0.2) is 23.6 Å². The average molecular weight is 257 g/mol. The first-order valence-electron chi connectivity index (χ1n) is 5.09. The number of rotatable bonds is 3. The number of hydrogen-bond acceptors (Lipinski definition) is 3. The lowest BCUT2D eigenvalue weighted by molar-refractivity contribution is -0.122. The van der Waals surface area contributed by atoms with Gasteiger partial charge in [0.25, 0.3) is 0 Å². The van der Waals surface area contributed by atoms with E-state index in [-0.39, 0.29) is 11.9 Å². The highest BCUT2D eigenvalue weighted by Gasteiger charge is 2.21. The highest BCUT2D eigenvalue weighted by Crippen LogP contribution is 2.11. The Hall–Kier alpha value is -0.710. The summed E-state index contributed by atoms with van der Waals surface area (Å²) in [6.45, 7) is 0.554. The largest absolute Gasteiger partial charge is 0.351 e. The molecule has 5 heteroatoms. The zero-order valence-corrected chi connectivity index (χ0v) is 10.3. The average Bonchev–Trinajstić information content (AvgIpc) is 2.81. The molecule has 86 valence electrons. The normalized spacial score (nSPS) is 19.7. The van der Waals surface area contributed by atoms with Gasteiger partial charge in [0.1, 0.15) is 0 Å². The van der Waals surface area contributed by atoms with Crippen LogP contribution in [0.25, 0.3) is 0 Å². The number of benzene rings is 1. The molecule has 0 spiro atoms. The summed E-state index contributed by atoms with van der Waals surface area (Å²) in [7, 11) is 0. The van der Waals surface area contributed by atoms with Gasteiger partial charge in [0, 0.05) is 23.2 Å². The third kappa shape index (κ3) is 3.14. The van der Waals surface area contributed by atoms with Crippen molar-refractivity contribution in [1.82, 2.24) is 10.6 Å². The first kappa shape index (κ1) is 11.8. The number of carbonyl (C=O) groups is 1. The second kappa shape index (κ2) is 5.57. The van der Waals surface area contributed by atoms with Gasteiger partial charge in [0.15, 0.2) is 0 Å². The molecule has 2 N–H and O–H groups in total. The van der Waals surface area contributed by atoms with E-state index in [9.17, 15) is 4.79 Å². The molecule has 0 radical (unpaired) electrons. The Morgan fingerprint density at radius 3 is 2.88 bits per heavy atom. The van der Waals surface area contributed by atoms with Crippen LogP contribution in [0.2, 0.25) is 5.02 Å². The van der Waals surface area contributed by atoms with Gasteiger partial charge in [-0.3, -0.25) is 10.1 Å². The Balaban J connectivity index is 1.82. The molecule has 0 aromatic heterocycles. The topological polar surface area (TPSA) is 41.1 Å². The van der Waals surface area contributed by atoms with Gasteiger partial charge in [-0.2, -0.15) is 0 Å². The predicted octanol–water partition coefficient (Wildman–Crippen LogP) is 1.62. The van der Waals surface area contributed by atoms with Gasteiger partial charge in [-0.1, -0.05) is 23.7 Å². The fourth-order valence-corrected chi connectivity index (χ4v) is 2.55. The molecule has 1 fully saturated rings. The van der Waals surface area contributed by atoms with Crippen LogP contribution < -0.4 is 10.6 Å². The van der Waals surface area contributed by atoms with Crippen molar-refractivity contribution >= 4 is 29.3 Å². The second-order valence-corrected chi connectivity index (χ2v) is 5.08. The molecule has 2 rings (SSSR count). The SMILES string of the molecule is O=C(NCc1ccc(Cl)cc1)[C@@H]1CSCN1. The van der Waals surface area contributed by atoms with Gasteiger partial charge in [0.2, 0.25) is 5.91 Å². The maximum absolute atomic E-state index is 11.7. The van der Waals surface area contributed by atoms with E-state index < -0.39 is 0 Å². The monoisotopic (exact) mass is 256 g/mol. The van der Waals surface area contributed by atoms with E-state index in [1.54, 1.807) is 11.8 Å². The highest BCUT2D eigenvalue weighted by molar-refractivity contribution is 7.99. The molecule has 1 aliphatic heterocycles. The maximum Gasteiger partial charge on any atom is 0.238 e. The molecule has 1 aromatic rings. The van der Waals surface area contributed by atoms with E-state index >= 15 is 0 Å².